The number of nitrogens with two attached hydrogens (primary N) is 1. The Labute approximate surface area is 123 Å². The second kappa shape index (κ2) is 6.26. The van der Waals surface area contributed by atoms with E-state index in [9.17, 15) is 4.39 Å². The van der Waals surface area contributed by atoms with Gasteiger partial charge in [-0.1, -0.05) is 35.5 Å². The van der Waals surface area contributed by atoms with E-state index in [0.29, 0.717) is 17.7 Å². The standard InChI is InChI=1S/C16H18FN3O/c1-10-4-3-5-11(2)15(10)19-9-13-7-6-12(8-14(13)17)16(18)20-21/h3-8,19,21H,9H2,1-2H3,(H2,18,20). The molecule has 0 atom stereocenters. The van der Waals surface area contributed by atoms with Crippen molar-refractivity contribution >= 4 is 11.5 Å². The van der Waals surface area contributed by atoms with Gasteiger partial charge < -0.3 is 16.3 Å². The van der Waals surface area contributed by atoms with E-state index in [-0.39, 0.29) is 5.84 Å². The van der Waals surface area contributed by atoms with Gasteiger partial charge in [0.2, 0.25) is 0 Å². The number of oxime groups is 1. The normalized spacial score (nSPS) is 11.5. The Hall–Kier alpha value is -2.56. The third kappa shape index (κ3) is 3.31. The van der Waals surface area contributed by atoms with Crippen LogP contribution < -0.4 is 11.1 Å². The average Bonchev–Trinajstić information content (AvgIpc) is 2.47. The lowest BCUT2D eigenvalue weighted by Crippen LogP contribution is -2.14. The number of nitrogens with one attached hydrogen (secondary N) is 1. The highest BCUT2D eigenvalue weighted by atomic mass is 19.1. The Bertz CT molecular complexity index is 663. The van der Waals surface area contributed by atoms with Gasteiger partial charge in [0.05, 0.1) is 0 Å². The van der Waals surface area contributed by atoms with Gasteiger partial charge in [0, 0.05) is 23.4 Å². The molecule has 2 aromatic rings. The summed E-state index contributed by atoms with van der Waals surface area (Å²) in [6.45, 7) is 4.38. The molecule has 0 aromatic heterocycles. The molecule has 5 heteroatoms. The van der Waals surface area contributed by atoms with Crippen molar-refractivity contribution < 1.29 is 9.60 Å². The molecule has 21 heavy (non-hydrogen) atoms. The summed E-state index contributed by atoms with van der Waals surface area (Å²) in [6.07, 6.45) is 0. The third-order valence-corrected chi connectivity index (χ3v) is 3.39. The van der Waals surface area contributed by atoms with Crippen molar-refractivity contribution in [2.24, 2.45) is 10.9 Å². The van der Waals surface area contributed by atoms with Crippen molar-refractivity contribution in [3.05, 3.63) is 64.5 Å². The molecule has 110 valence electrons. The highest BCUT2D eigenvalue weighted by molar-refractivity contribution is 5.97. The largest absolute Gasteiger partial charge is 0.409 e. The van der Waals surface area contributed by atoms with Crippen LogP contribution in [-0.2, 0) is 6.54 Å². The average molecular weight is 287 g/mol. The summed E-state index contributed by atoms with van der Waals surface area (Å²) in [5.41, 5.74) is 9.55. The van der Waals surface area contributed by atoms with Gasteiger partial charge in [-0.2, -0.15) is 0 Å². The lowest BCUT2D eigenvalue weighted by atomic mass is 10.1. The summed E-state index contributed by atoms with van der Waals surface area (Å²) in [7, 11) is 0. The first-order valence-corrected chi connectivity index (χ1v) is 6.59. The molecule has 0 spiro atoms. The third-order valence-electron chi connectivity index (χ3n) is 3.39. The van der Waals surface area contributed by atoms with Crippen LogP contribution in [0.2, 0.25) is 0 Å². The minimum Gasteiger partial charge on any atom is -0.409 e. The van der Waals surface area contributed by atoms with Gasteiger partial charge in [-0.3, -0.25) is 0 Å². The molecule has 0 aliphatic carbocycles. The molecule has 0 aliphatic rings. The number of anilines is 1. The van der Waals surface area contributed by atoms with Gasteiger partial charge in [0.15, 0.2) is 5.84 Å². The summed E-state index contributed by atoms with van der Waals surface area (Å²) < 4.78 is 14.0. The molecule has 0 fully saturated rings. The fourth-order valence-corrected chi connectivity index (χ4v) is 2.18. The van der Waals surface area contributed by atoms with Crippen molar-refractivity contribution in [3.63, 3.8) is 0 Å². The molecule has 4 nitrogen and oxygen atoms in total. The van der Waals surface area contributed by atoms with Crippen molar-refractivity contribution in [2.75, 3.05) is 5.32 Å². The summed E-state index contributed by atoms with van der Waals surface area (Å²) in [5.74, 6) is -0.499. The fourth-order valence-electron chi connectivity index (χ4n) is 2.18. The van der Waals surface area contributed by atoms with E-state index >= 15 is 0 Å². The molecule has 4 N–H and O–H groups in total. The molecule has 2 aromatic carbocycles. The summed E-state index contributed by atoms with van der Waals surface area (Å²) in [5, 5.41) is 14.7. The Balaban J connectivity index is 2.18. The maximum atomic E-state index is 14.0. The molecule has 0 saturated carbocycles. The van der Waals surface area contributed by atoms with E-state index in [1.165, 1.54) is 6.07 Å². The predicted octanol–water partition coefficient (Wildman–Crippen LogP) is 3.15. The van der Waals surface area contributed by atoms with Crippen LogP contribution in [0.1, 0.15) is 22.3 Å². The number of hydrogen-bond acceptors (Lipinski definition) is 3. The maximum absolute atomic E-state index is 14.0. The summed E-state index contributed by atoms with van der Waals surface area (Å²) in [6, 6.07) is 10.5. The molecular weight excluding hydrogens is 269 g/mol. The number of para-hydroxylation sites is 1. The first kappa shape index (κ1) is 14.8. The molecular formula is C16H18FN3O. The zero-order valence-electron chi connectivity index (χ0n) is 12.0. The Kier molecular flexibility index (Phi) is 4.42. The zero-order valence-corrected chi connectivity index (χ0v) is 12.0. The molecule has 0 amide bonds. The number of aryl methyl sites for hydroxylation is 2. The number of benzene rings is 2. The van der Waals surface area contributed by atoms with Gasteiger partial charge >= 0.3 is 0 Å². The topological polar surface area (TPSA) is 70.6 Å². The number of halogens is 1. The highest BCUT2D eigenvalue weighted by Crippen LogP contribution is 2.21. The molecule has 0 radical (unpaired) electrons. The molecule has 0 unspecified atom stereocenters. The molecule has 0 saturated heterocycles. The molecule has 0 bridgehead atoms. The van der Waals surface area contributed by atoms with E-state index in [4.69, 9.17) is 10.9 Å². The quantitative estimate of drug-likeness (QED) is 0.350. The SMILES string of the molecule is Cc1cccc(C)c1NCc1ccc(C(N)=NO)cc1F. The van der Waals surface area contributed by atoms with Gasteiger partial charge in [0.25, 0.3) is 0 Å². The highest BCUT2D eigenvalue weighted by Gasteiger charge is 2.08. The van der Waals surface area contributed by atoms with Gasteiger partial charge in [-0.25, -0.2) is 4.39 Å². The minimum atomic E-state index is -0.391. The monoisotopic (exact) mass is 287 g/mol. The van der Waals surface area contributed by atoms with Crippen LogP contribution in [0.3, 0.4) is 0 Å². The van der Waals surface area contributed by atoms with E-state index in [0.717, 1.165) is 16.8 Å². The van der Waals surface area contributed by atoms with E-state index in [2.05, 4.69) is 10.5 Å². The van der Waals surface area contributed by atoms with Crippen molar-refractivity contribution in [1.82, 2.24) is 0 Å². The summed E-state index contributed by atoms with van der Waals surface area (Å²) in [4.78, 5) is 0. The second-order valence-electron chi connectivity index (χ2n) is 4.91. The van der Waals surface area contributed by atoms with Crippen LogP contribution in [0.5, 0.6) is 0 Å². The van der Waals surface area contributed by atoms with Crippen molar-refractivity contribution in [1.29, 1.82) is 0 Å². The van der Waals surface area contributed by atoms with Crippen LogP contribution in [0.15, 0.2) is 41.6 Å². The van der Waals surface area contributed by atoms with Gasteiger partial charge in [0.1, 0.15) is 5.82 Å². The molecule has 0 heterocycles. The summed E-state index contributed by atoms with van der Waals surface area (Å²) >= 11 is 0. The Morgan fingerprint density at radius 3 is 2.48 bits per heavy atom. The van der Waals surface area contributed by atoms with Crippen LogP contribution in [0.4, 0.5) is 10.1 Å². The van der Waals surface area contributed by atoms with Crippen molar-refractivity contribution in [2.45, 2.75) is 20.4 Å². The second-order valence-corrected chi connectivity index (χ2v) is 4.91. The van der Waals surface area contributed by atoms with Crippen LogP contribution >= 0.6 is 0 Å². The van der Waals surface area contributed by atoms with E-state index in [1.807, 2.05) is 32.0 Å². The number of rotatable bonds is 4. The smallest absolute Gasteiger partial charge is 0.170 e. The van der Waals surface area contributed by atoms with E-state index in [1.54, 1.807) is 12.1 Å². The predicted molar refractivity (Wildman–Crippen MR) is 82.2 cm³/mol. The fraction of sp³-hybridized carbons (Fsp3) is 0.188. The van der Waals surface area contributed by atoms with Crippen LogP contribution in [0, 0.1) is 19.7 Å². The van der Waals surface area contributed by atoms with Crippen molar-refractivity contribution in [3.8, 4) is 0 Å². The Morgan fingerprint density at radius 2 is 1.90 bits per heavy atom. The lowest BCUT2D eigenvalue weighted by molar-refractivity contribution is 0.318. The van der Waals surface area contributed by atoms with Gasteiger partial charge in [-0.05, 0) is 31.0 Å². The Morgan fingerprint density at radius 1 is 1.24 bits per heavy atom. The first-order valence-electron chi connectivity index (χ1n) is 6.59. The molecule has 2 rings (SSSR count). The minimum absolute atomic E-state index is 0.108. The van der Waals surface area contributed by atoms with Gasteiger partial charge in [-0.15, -0.1) is 0 Å². The maximum Gasteiger partial charge on any atom is 0.170 e. The number of hydrogen-bond donors (Lipinski definition) is 3. The van der Waals surface area contributed by atoms with E-state index < -0.39 is 5.82 Å². The number of nitrogens with zero attached hydrogens (tertiary/aromatic N) is 1. The number of amidine groups is 1. The van der Waals surface area contributed by atoms with Crippen LogP contribution in [0.25, 0.3) is 0 Å². The van der Waals surface area contributed by atoms with Crippen LogP contribution in [-0.4, -0.2) is 11.0 Å². The zero-order chi connectivity index (χ0) is 15.4. The first-order chi connectivity index (χ1) is 10.0. The lowest BCUT2D eigenvalue weighted by Gasteiger charge is -2.13. The molecule has 0 aliphatic heterocycles.